The molecule has 3 aromatic rings. The van der Waals surface area contributed by atoms with E-state index in [0.717, 1.165) is 25.7 Å². The molecule has 1 unspecified atom stereocenters. The van der Waals surface area contributed by atoms with E-state index in [-0.39, 0.29) is 23.2 Å². The number of methoxy groups -OCH3 is 2. The molecule has 2 aromatic heterocycles. The summed E-state index contributed by atoms with van der Waals surface area (Å²) < 4.78 is 53.9. The van der Waals surface area contributed by atoms with E-state index in [1.54, 1.807) is 7.11 Å². The Morgan fingerprint density at radius 2 is 1.84 bits per heavy atom. The van der Waals surface area contributed by atoms with E-state index in [9.17, 15) is 19.0 Å². The van der Waals surface area contributed by atoms with E-state index in [0.29, 0.717) is 11.5 Å². The second-order valence-corrected chi connectivity index (χ2v) is 11.3. The van der Waals surface area contributed by atoms with Gasteiger partial charge in [0.15, 0.2) is 11.6 Å². The molecule has 1 aliphatic heterocycles. The lowest BCUT2D eigenvalue weighted by atomic mass is 9.88. The zero-order valence-electron chi connectivity index (χ0n) is 25.6. The number of benzene rings is 1. The summed E-state index contributed by atoms with van der Waals surface area (Å²) in [6.07, 6.45) is 5.26. The van der Waals surface area contributed by atoms with E-state index < -0.39 is 54.3 Å². The Balaban J connectivity index is 1.57. The van der Waals surface area contributed by atoms with E-state index in [2.05, 4.69) is 29.3 Å². The molecule has 238 valence electrons. The molecule has 3 heterocycles. The molecule has 1 fully saturated rings. The van der Waals surface area contributed by atoms with Gasteiger partial charge in [0.2, 0.25) is 0 Å². The molecule has 0 bridgehead atoms. The minimum Gasteiger partial charge on any atom is -0.394 e. The molecule has 2 N–H and O–H groups in total. The molecule has 0 spiro atoms. The minimum atomic E-state index is -1.24. The van der Waals surface area contributed by atoms with Crippen molar-refractivity contribution in [1.29, 1.82) is 0 Å². The zero-order valence-corrected chi connectivity index (χ0v) is 25.6. The van der Waals surface area contributed by atoms with Crippen molar-refractivity contribution in [1.82, 2.24) is 20.2 Å². The summed E-state index contributed by atoms with van der Waals surface area (Å²) >= 11 is 0. The fraction of sp³-hybridized carbons (Fsp3) is 0.645. The zero-order chi connectivity index (χ0) is 31.1. The number of aryl methyl sites for hydroxylation is 1. The Morgan fingerprint density at radius 1 is 1.07 bits per heavy atom. The highest BCUT2D eigenvalue weighted by atomic mass is 19.2. The van der Waals surface area contributed by atoms with Gasteiger partial charge >= 0.3 is 0 Å². The molecule has 1 aliphatic rings. The van der Waals surface area contributed by atoms with Crippen LogP contribution in [0.2, 0.25) is 0 Å². The van der Waals surface area contributed by atoms with E-state index in [1.807, 2.05) is 6.07 Å². The van der Waals surface area contributed by atoms with Crippen LogP contribution in [0, 0.1) is 18.6 Å². The van der Waals surface area contributed by atoms with E-state index in [4.69, 9.17) is 18.7 Å². The number of hydrogen-bond acceptors (Lipinski definition) is 9. The second kappa shape index (κ2) is 14.8. The summed E-state index contributed by atoms with van der Waals surface area (Å²) in [5.41, 5.74) is 0.336. The Labute approximate surface area is 251 Å². The first-order valence-electron chi connectivity index (χ1n) is 15.1. The first kappa shape index (κ1) is 33.1. The quantitative estimate of drug-likeness (QED) is 0.229. The molecular formula is C31H44F2N4O6. The monoisotopic (exact) mass is 606 g/mol. The van der Waals surface area contributed by atoms with Crippen molar-refractivity contribution in [3.8, 4) is 11.3 Å². The van der Waals surface area contributed by atoms with Crippen LogP contribution in [-0.4, -0.2) is 75.6 Å². The van der Waals surface area contributed by atoms with Crippen LogP contribution in [0.1, 0.15) is 81.9 Å². The molecule has 0 saturated carbocycles. The first-order valence-corrected chi connectivity index (χ1v) is 15.1. The van der Waals surface area contributed by atoms with Crippen molar-refractivity contribution >= 4 is 0 Å². The minimum absolute atomic E-state index is 0.0581. The maximum Gasteiger partial charge on any atom is 0.168 e. The number of aliphatic hydroxyl groups is 2. The molecule has 12 heteroatoms. The number of rotatable bonds is 15. The Hall–Kier alpha value is -2.77. The number of hydrogen-bond donors (Lipinski definition) is 2. The van der Waals surface area contributed by atoms with Gasteiger partial charge in [0.1, 0.15) is 47.1 Å². The average Bonchev–Trinajstić information content (AvgIpc) is 3.69. The third-order valence-electron chi connectivity index (χ3n) is 8.68. The van der Waals surface area contributed by atoms with Crippen molar-refractivity contribution in [3.63, 3.8) is 0 Å². The maximum atomic E-state index is 14.7. The van der Waals surface area contributed by atoms with Gasteiger partial charge in [0.25, 0.3) is 0 Å². The smallest absolute Gasteiger partial charge is 0.168 e. The fourth-order valence-corrected chi connectivity index (χ4v) is 5.99. The highest BCUT2D eigenvalue weighted by molar-refractivity contribution is 5.59. The van der Waals surface area contributed by atoms with Crippen LogP contribution >= 0.6 is 0 Å². The number of nitrogens with zero attached hydrogens (tertiary/aromatic N) is 4. The van der Waals surface area contributed by atoms with E-state index >= 15 is 0 Å². The number of ether oxygens (including phenoxy) is 3. The van der Waals surface area contributed by atoms with Gasteiger partial charge in [-0.15, -0.1) is 5.10 Å². The van der Waals surface area contributed by atoms with Crippen LogP contribution < -0.4 is 0 Å². The normalized spacial score (nSPS) is 23.9. The Bertz CT molecular complexity index is 1310. The highest BCUT2D eigenvalue weighted by Gasteiger charge is 2.47. The van der Waals surface area contributed by atoms with Crippen molar-refractivity contribution in [2.45, 2.75) is 108 Å². The van der Waals surface area contributed by atoms with Gasteiger partial charge in [-0.25, -0.2) is 13.5 Å². The van der Waals surface area contributed by atoms with Crippen LogP contribution in [0.25, 0.3) is 11.3 Å². The largest absolute Gasteiger partial charge is 0.394 e. The Kier molecular flexibility index (Phi) is 11.4. The van der Waals surface area contributed by atoms with Crippen molar-refractivity contribution in [2.24, 2.45) is 0 Å². The van der Waals surface area contributed by atoms with Gasteiger partial charge in [-0.2, -0.15) is 0 Å². The summed E-state index contributed by atoms with van der Waals surface area (Å²) in [6.45, 7) is 5.26. The summed E-state index contributed by atoms with van der Waals surface area (Å²) in [5, 5.41) is 33.7. The third kappa shape index (κ3) is 6.99. The van der Waals surface area contributed by atoms with Gasteiger partial charge in [-0.1, -0.05) is 62.4 Å². The summed E-state index contributed by atoms with van der Waals surface area (Å²) in [7, 11) is 3.17. The number of halogens is 2. The van der Waals surface area contributed by atoms with Crippen LogP contribution in [0.4, 0.5) is 8.78 Å². The number of unbranched alkanes of at least 4 members (excludes halogenated alkanes) is 4. The average molecular weight is 607 g/mol. The molecule has 1 aromatic carbocycles. The molecule has 1 saturated heterocycles. The molecule has 6 atom stereocenters. The molecule has 0 amide bonds. The van der Waals surface area contributed by atoms with Gasteiger partial charge in [0, 0.05) is 32.3 Å². The van der Waals surface area contributed by atoms with Crippen molar-refractivity contribution in [3.05, 3.63) is 53.0 Å². The standard InChI is InChI=1S/C31H44F2N4O6/c1-6-8-9-10-11-14-31(7-2,41-5)25-16-20(43-35-25)15-23-30(40-4)28(29(39)24(18-38)42-23)37-17-22(34-36-37)21-13-12-19(3)26(32)27(21)33/h12-13,16-17,23-24,28-30,38-39H,6-11,14-15,18H2,1-5H3/t23-,24-,28+,29+,30+,31?/m1/s1. The van der Waals surface area contributed by atoms with Crippen LogP contribution in [0.15, 0.2) is 28.9 Å². The lowest BCUT2D eigenvalue weighted by Crippen LogP contribution is -2.57. The predicted octanol–water partition coefficient (Wildman–Crippen LogP) is 5.05. The van der Waals surface area contributed by atoms with Crippen LogP contribution in [0.5, 0.6) is 0 Å². The molecule has 4 rings (SSSR count). The topological polar surface area (TPSA) is 125 Å². The molecule has 43 heavy (non-hydrogen) atoms. The number of aliphatic hydroxyl groups excluding tert-OH is 2. The highest BCUT2D eigenvalue weighted by Crippen LogP contribution is 2.37. The fourth-order valence-electron chi connectivity index (χ4n) is 5.99. The van der Waals surface area contributed by atoms with E-state index in [1.165, 1.54) is 56.3 Å². The Morgan fingerprint density at radius 3 is 2.51 bits per heavy atom. The van der Waals surface area contributed by atoms with Gasteiger partial charge < -0.3 is 28.9 Å². The summed E-state index contributed by atoms with van der Waals surface area (Å²) in [4.78, 5) is 0. The lowest BCUT2D eigenvalue weighted by Gasteiger charge is -2.43. The van der Waals surface area contributed by atoms with Gasteiger partial charge in [0.05, 0.1) is 18.9 Å². The molecule has 10 nitrogen and oxygen atoms in total. The maximum absolute atomic E-state index is 14.7. The van der Waals surface area contributed by atoms with Crippen LogP contribution in [-0.2, 0) is 26.2 Å². The third-order valence-corrected chi connectivity index (χ3v) is 8.68. The molecular weight excluding hydrogens is 562 g/mol. The number of aromatic nitrogens is 4. The first-order chi connectivity index (χ1) is 20.7. The van der Waals surface area contributed by atoms with Crippen molar-refractivity contribution < 1.29 is 37.7 Å². The summed E-state index contributed by atoms with van der Waals surface area (Å²) in [6, 6.07) is 3.89. The molecule has 0 radical (unpaired) electrons. The van der Waals surface area contributed by atoms with Gasteiger partial charge in [-0.3, -0.25) is 0 Å². The second-order valence-electron chi connectivity index (χ2n) is 11.3. The van der Waals surface area contributed by atoms with Gasteiger partial charge in [-0.05, 0) is 31.4 Å². The van der Waals surface area contributed by atoms with Crippen LogP contribution in [0.3, 0.4) is 0 Å². The van der Waals surface area contributed by atoms with Crippen molar-refractivity contribution in [2.75, 3.05) is 20.8 Å². The molecule has 0 aliphatic carbocycles. The lowest BCUT2D eigenvalue weighted by molar-refractivity contribution is -0.212. The SMILES string of the molecule is CCCCCCCC(CC)(OC)c1cc(C[C@H]2O[C@H](CO)[C@H](O)[C@H](n3cc(-c4ccc(C)c(F)c4F)nn3)[C@H]2OC)on1. The summed E-state index contributed by atoms with van der Waals surface area (Å²) in [5.74, 6) is -1.46. The predicted molar refractivity (Wildman–Crippen MR) is 154 cm³/mol.